The monoisotopic (exact) mass is 502 g/mol. The molecule has 2 atom stereocenters. The van der Waals surface area contributed by atoms with Crippen molar-refractivity contribution in [2.75, 3.05) is 31.5 Å². The van der Waals surface area contributed by atoms with E-state index >= 15 is 0 Å². The molecule has 2 aromatic heterocycles. The van der Waals surface area contributed by atoms with Gasteiger partial charge in [0, 0.05) is 62.0 Å². The van der Waals surface area contributed by atoms with Crippen LogP contribution < -0.4 is 10.9 Å². The van der Waals surface area contributed by atoms with Crippen molar-refractivity contribution in [3.63, 3.8) is 0 Å². The molecule has 0 radical (unpaired) electrons. The third-order valence-corrected chi connectivity index (χ3v) is 7.30. The summed E-state index contributed by atoms with van der Waals surface area (Å²) in [4.78, 5) is 38.2. The predicted octanol–water partition coefficient (Wildman–Crippen LogP) is 4.40. The van der Waals surface area contributed by atoms with Crippen LogP contribution in [0.5, 0.6) is 0 Å². The second-order valence-electron chi connectivity index (χ2n) is 10.5. The van der Waals surface area contributed by atoms with Gasteiger partial charge in [0.2, 0.25) is 11.9 Å². The molecule has 37 heavy (non-hydrogen) atoms. The molecule has 3 aromatic rings. The lowest BCUT2D eigenvalue weighted by Crippen LogP contribution is -2.48. The van der Waals surface area contributed by atoms with Crippen molar-refractivity contribution < 1.29 is 4.79 Å². The van der Waals surface area contributed by atoms with Crippen LogP contribution in [0.1, 0.15) is 57.8 Å². The molecule has 8 heteroatoms. The second-order valence-corrected chi connectivity index (χ2v) is 10.5. The Morgan fingerprint density at radius 2 is 1.70 bits per heavy atom. The van der Waals surface area contributed by atoms with Gasteiger partial charge in [-0.2, -0.15) is 4.98 Å². The fourth-order valence-corrected chi connectivity index (χ4v) is 4.63. The molecule has 4 rings (SSSR count). The van der Waals surface area contributed by atoms with Crippen LogP contribution in [0.15, 0.2) is 59.5 Å². The van der Waals surface area contributed by atoms with E-state index in [9.17, 15) is 9.59 Å². The van der Waals surface area contributed by atoms with Crippen LogP contribution in [0.2, 0.25) is 0 Å². The van der Waals surface area contributed by atoms with Crippen molar-refractivity contribution in [3.8, 4) is 0 Å². The average Bonchev–Trinajstić information content (AvgIpc) is 2.88. The Balaban J connectivity index is 1.41. The van der Waals surface area contributed by atoms with E-state index in [1.165, 1.54) is 5.56 Å². The predicted molar refractivity (Wildman–Crippen MR) is 148 cm³/mol. The fourth-order valence-electron chi connectivity index (χ4n) is 4.63. The van der Waals surface area contributed by atoms with Gasteiger partial charge in [-0.15, -0.1) is 0 Å². The van der Waals surface area contributed by atoms with Crippen LogP contribution in [0.25, 0.3) is 11.0 Å². The molecule has 1 N–H and O–H groups in total. The van der Waals surface area contributed by atoms with Crippen LogP contribution >= 0.6 is 0 Å². The van der Waals surface area contributed by atoms with Crippen molar-refractivity contribution in [3.05, 3.63) is 76.2 Å². The normalized spacial score (nSPS) is 16.1. The van der Waals surface area contributed by atoms with Gasteiger partial charge in [-0.3, -0.25) is 19.1 Å². The minimum absolute atomic E-state index is 0.00499. The summed E-state index contributed by atoms with van der Waals surface area (Å²) in [5.74, 6) is 0.856. The van der Waals surface area contributed by atoms with Gasteiger partial charge in [-0.25, -0.2) is 4.98 Å². The van der Waals surface area contributed by atoms with Gasteiger partial charge in [0.05, 0.1) is 6.04 Å². The Morgan fingerprint density at radius 3 is 2.32 bits per heavy atom. The number of aromatic nitrogens is 3. The molecular weight excluding hydrogens is 464 g/mol. The van der Waals surface area contributed by atoms with Crippen molar-refractivity contribution >= 4 is 22.9 Å². The standard InChI is InChI=1S/C29H38N6O2/c1-19(2)22(6)35-26(36)12-11-25-17-30-29(32-27(25)35)31-21(5)24-9-7-23(8-10-24)18-33-13-15-34(16-14-33)28(37)20(3)4/h7-12,17,19,21-22H,3,13-16,18H2,1-2,4-6H3,(H,30,31,32)/t21-,22-/m0/s1. The molecule has 0 spiro atoms. The molecular formula is C29H38N6O2. The number of nitrogens with zero attached hydrogens (tertiary/aromatic N) is 5. The molecule has 1 aromatic carbocycles. The van der Waals surface area contributed by atoms with Gasteiger partial charge in [0.25, 0.3) is 5.56 Å². The zero-order valence-corrected chi connectivity index (χ0v) is 22.6. The van der Waals surface area contributed by atoms with Crippen molar-refractivity contribution in [2.24, 2.45) is 5.92 Å². The summed E-state index contributed by atoms with van der Waals surface area (Å²) >= 11 is 0. The van der Waals surface area contributed by atoms with Crippen LogP contribution in [-0.2, 0) is 11.3 Å². The number of hydrogen-bond donors (Lipinski definition) is 1. The third kappa shape index (κ3) is 6.07. The first-order valence-electron chi connectivity index (χ1n) is 13.0. The molecule has 196 valence electrons. The summed E-state index contributed by atoms with van der Waals surface area (Å²) in [6.45, 7) is 17.9. The van der Waals surface area contributed by atoms with Crippen LogP contribution in [0.3, 0.4) is 0 Å². The summed E-state index contributed by atoms with van der Waals surface area (Å²) < 4.78 is 1.76. The lowest BCUT2D eigenvalue weighted by atomic mass is 10.1. The first kappa shape index (κ1) is 26.5. The van der Waals surface area contributed by atoms with Crippen LogP contribution in [0.4, 0.5) is 5.95 Å². The highest BCUT2D eigenvalue weighted by Crippen LogP contribution is 2.23. The first-order chi connectivity index (χ1) is 17.6. The number of carbonyl (C=O) groups is 1. The quantitative estimate of drug-likeness (QED) is 0.460. The first-order valence-corrected chi connectivity index (χ1v) is 13.0. The number of benzene rings is 1. The molecule has 8 nitrogen and oxygen atoms in total. The summed E-state index contributed by atoms with van der Waals surface area (Å²) in [5.41, 5.74) is 3.57. The maximum atomic E-state index is 12.6. The Kier molecular flexibility index (Phi) is 8.07. The zero-order valence-electron chi connectivity index (χ0n) is 22.6. The van der Waals surface area contributed by atoms with E-state index in [2.05, 4.69) is 66.8 Å². The smallest absolute Gasteiger partial charge is 0.252 e. The zero-order chi connectivity index (χ0) is 26.7. The average molecular weight is 503 g/mol. The minimum atomic E-state index is -0.0502. The van der Waals surface area contributed by atoms with Gasteiger partial charge in [-0.05, 0) is 43.9 Å². The van der Waals surface area contributed by atoms with E-state index in [0.29, 0.717) is 23.1 Å². The fraction of sp³-hybridized carbons (Fsp3) is 0.448. The molecule has 3 heterocycles. The third-order valence-electron chi connectivity index (χ3n) is 7.30. The molecule has 0 saturated carbocycles. The maximum Gasteiger partial charge on any atom is 0.252 e. The topological polar surface area (TPSA) is 83.4 Å². The number of piperazine rings is 1. The van der Waals surface area contributed by atoms with Gasteiger partial charge >= 0.3 is 0 Å². The summed E-state index contributed by atoms with van der Waals surface area (Å²) in [6.07, 6.45) is 1.77. The van der Waals surface area contributed by atoms with Crippen molar-refractivity contribution in [1.29, 1.82) is 0 Å². The van der Waals surface area contributed by atoms with Crippen molar-refractivity contribution in [2.45, 2.75) is 53.2 Å². The molecule has 0 unspecified atom stereocenters. The van der Waals surface area contributed by atoms with E-state index in [0.717, 1.165) is 43.7 Å². The van der Waals surface area contributed by atoms with Gasteiger partial charge < -0.3 is 10.2 Å². The Hall–Kier alpha value is -3.52. The number of anilines is 1. The van der Waals surface area contributed by atoms with Crippen LogP contribution in [-0.4, -0.2) is 56.4 Å². The SMILES string of the molecule is C=C(C)C(=O)N1CCN(Cc2ccc([C@H](C)Nc3ncc4ccc(=O)n([C@@H](C)C(C)C)c4n3)cc2)CC1. The Bertz CT molecular complexity index is 1320. The Labute approximate surface area is 219 Å². The van der Waals surface area contributed by atoms with E-state index in [-0.39, 0.29) is 23.6 Å². The lowest BCUT2D eigenvalue weighted by molar-refractivity contribution is -0.128. The molecule has 1 fully saturated rings. The van der Waals surface area contributed by atoms with Gasteiger partial charge in [0.15, 0.2) is 0 Å². The maximum absolute atomic E-state index is 12.6. The van der Waals surface area contributed by atoms with Gasteiger partial charge in [0.1, 0.15) is 5.65 Å². The molecule has 0 aliphatic carbocycles. The highest BCUT2D eigenvalue weighted by molar-refractivity contribution is 5.92. The van der Waals surface area contributed by atoms with Crippen molar-refractivity contribution in [1.82, 2.24) is 24.3 Å². The number of pyridine rings is 1. The molecule has 0 bridgehead atoms. The number of rotatable bonds is 8. The number of amides is 1. The molecule has 1 aliphatic heterocycles. The lowest BCUT2D eigenvalue weighted by Gasteiger charge is -2.34. The second kappa shape index (κ2) is 11.3. The highest BCUT2D eigenvalue weighted by Gasteiger charge is 2.21. The highest BCUT2D eigenvalue weighted by atomic mass is 16.2. The number of nitrogens with one attached hydrogen (secondary N) is 1. The number of fused-ring (bicyclic) bond motifs is 1. The molecule has 1 amide bonds. The van der Waals surface area contributed by atoms with E-state index in [1.54, 1.807) is 29.8 Å². The minimum Gasteiger partial charge on any atom is -0.348 e. The molecule has 1 saturated heterocycles. The van der Waals surface area contributed by atoms with E-state index in [1.807, 2.05) is 11.8 Å². The van der Waals surface area contributed by atoms with Gasteiger partial charge in [-0.1, -0.05) is 44.7 Å². The number of hydrogen-bond acceptors (Lipinski definition) is 6. The molecule has 1 aliphatic rings. The largest absolute Gasteiger partial charge is 0.348 e. The summed E-state index contributed by atoms with van der Waals surface area (Å²) in [6, 6.07) is 12.0. The summed E-state index contributed by atoms with van der Waals surface area (Å²) in [7, 11) is 0. The Morgan fingerprint density at radius 1 is 1.03 bits per heavy atom. The van der Waals surface area contributed by atoms with E-state index in [4.69, 9.17) is 4.98 Å². The summed E-state index contributed by atoms with van der Waals surface area (Å²) in [5, 5.41) is 4.24. The number of carbonyl (C=O) groups excluding carboxylic acids is 1. The van der Waals surface area contributed by atoms with E-state index < -0.39 is 0 Å². The van der Waals surface area contributed by atoms with Crippen LogP contribution in [0, 0.1) is 5.92 Å².